The van der Waals surface area contributed by atoms with E-state index in [4.69, 9.17) is 32.7 Å². The van der Waals surface area contributed by atoms with Crippen molar-refractivity contribution in [3.8, 4) is 11.5 Å². The summed E-state index contributed by atoms with van der Waals surface area (Å²) in [5.41, 5.74) is 3.96. The lowest BCUT2D eigenvalue weighted by Gasteiger charge is -2.29. The van der Waals surface area contributed by atoms with E-state index < -0.39 is 0 Å². The van der Waals surface area contributed by atoms with Gasteiger partial charge in [0.2, 0.25) is 0 Å². The van der Waals surface area contributed by atoms with E-state index in [1.165, 1.54) is 24.0 Å². The Morgan fingerprint density at radius 1 is 1.15 bits per heavy atom. The van der Waals surface area contributed by atoms with Crippen molar-refractivity contribution in [2.75, 3.05) is 13.7 Å². The molecule has 0 aliphatic carbocycles. The number of carbonyl (C=O) groups excluding carboxylic acids is 1. The minimum atomic E-state index is -0.195. The second-order valence-electron chi connectivity index (χ2n) is 11.9. The second-order valence-corrected chi connectivity index (χ2v) is 12.7. The lowest BCUT2D eigenvalue weighted by molar-refractivity contribution is 0.0715. The number of allylic oxidation sites excluding steroid dienone is 2. The lowest BCUT2D eigenvalue weighted by atomic mass is 9.85. The molecule has 3 rings (SSSR count). The molecule has 6 heteroatoms. The van der Waals surface area contributed by atoms with E-state index in [0.29, 0.717) is 34.8 Å². The Hall–Kier alpha value is -2.17. The smallest absolute Gasteiger partial charge is 0.254 e. The Bertz CT molecular complexity index is 1190. The number of nitrogens with one attached hydrogen (secondary N) is 1. The molecular weight excluding hydrogens is 553 g/mol. The van der Waals surface area contributed by atoms with Crippen LogP contribution in [0.3, 0.4) is 0 Å². The first-order valence-corrected chi connectivity index (χ1v) is 16.2. The standard InChI is InChI=1S/C35H49Cl2NO3/c1-7-16-35(22-28-20-29(36)14-15-32(28)41-35)17-10-11-27(13-12-26(8-2)9-3)18-24(4)23-40-33-19-25(5)31(37)21-30(33)34(39)38-6/h13-15,19-21,24,26H,7-12,16-18,22-23H2,1-6H3,(H,38,39). The van der Waals surface area contributed by atoms with Crippen molar-refractivity contribution < 1.29 is 14.3 Å². The first-order valence-electron chi connectivity index (χ1n) is 15.4. The van der Waals surface area contributed by atoms with Crippen LogP contribution in [0.15, 0.2) is 42.0 Å². The van der Waals surface area contributed by atoms with Gasteiger partial charge in [-0.15, -0.1) is 0 Å². The van der Waals surface area contributed by atoms with Gasteiger partial charge in [0.15, 0.2) is 0 Å². The molecule has 1 aliphatic heterocycles. The zero-order valence-electron chi connectivity index (χ0n) is 25.9. The van der Waals surface area contributed by atoms with Gasteiger partial charge in [-0.1, -0.05) is 81.8 Å². The van der Waals surface area contributed by atoms with E-state index in [-0.39, 0.29) is 11.5 Å². The molecule has 2 aromatic carbocycles. The average molecular weight is 603 g/mol. The third-order valence-corrected chi connectivity index (χ3v) is 9.10. The molecule has 0 saturated heterocycles. The molecule has 226 valence electrons. The normalized spacial score (nSPS) is 17.3. The zero-order valence-corrected chi connectivity index (χ0v) is 27.4. The van der Waals surface area contributed by atoms with E-state index in [1.54, 1.807) is 13.1 Å². The lowest BCUT2D eigenvalue weighted by Crippen LogP contribution is -2.34. The van der Waals surface area contributed by atoms with Gasteiger partial charge < -0.3 is 14.8 Å². The highest BCUT2D eigenvalue weighted by Gasteiger charge is 2.38. The summed E-state index contributed by atoms with van der Waals surface area (Å²) in [4.78, 5) is 12.4. The summed E-state index contributed by atoms with van der Waals surface area (Å²) in [6, 6.07) is 9.57. The topological polar surface area (TPSA) is 47.6 Å². The molecule has 1 amide bonds. The van der Waals surface area contributed by atoms with Crippen LogP contribution in [0.1, 0.15) is 107 Å². The van der Waals surface area contributed by atoms with Crippen LogP contribution in [0.25, 0.3) is 0 Å². The summed E-state index contributed by atoms with van der Waals surface area (Å²) in [6.07, 6.45) is 13.2. The molecule has 41 heavy (non-hydrogen) atoms. The van der Waals surface area contributed by atoms with Gasteiger partial charge in [0.1, 0.15) is 17.1 Å². The quantitative estimate of drug-likeness (QED) is 0.195. The third-order valence-electron chi connectivity index (χ3n) is 8.46. The van der Waals surface area contributed by atoms with Gasteiger partial charge in [-0.05, 0) is 98.7 Å². The molecular formula is C35H49Cl2NO3. The largest absolute Gasteiger partial charge is 0.492 e. The molecule has 1 N–H and O–H groups in total. The fraction of sp³-hybridized carbons (Fsp3) is 0.571. The Kier molecular flexibility index (Phi) is 12.9. The van der Waals surface area contributed by atoms with Crippen molar-refractivity contribution in [2.24, 2.45) is 11.8 Å². The molecule has 0 radical (unpaired) electrons. The Morgan fingerprint density at radius 3 is 2.59 bits per heavy atom. The minimum absolute atomic E-state index is 0.139. The predicted octanol–water partition coefficient (Wildman–Crippen LogP) is 10.2. The van der Waals surface area contributed by atoms with Crippen molar-refractivity contribution in [3.05, 3.63) is 68.7 Å². The Balaban J connectivity index is 1.67. The fourth-order valence-corrected chi connectivity index (χ4v) is 6.33. The zero-order chi connectivity index (χ0) is 30.0. The number of hydrogen-bond donors (Lipinski definition) is 1. The molecule has 0 aromatic heterocycles. The van der Waals surface area contributed by atoms with Gasteiger partial charge in [-0.2, -0.15) is 0 Å². The molecule has 0 spiro atoms. The number of hydrogen-bond acceptors (Lipinski definition) is 3. The van der Waals surface area contributed by atoms with Crippen molar-refractivity contribution in [2.45, 2.75) is 104 Å². The molecule has 2 aromatic rings. The number of ether oxygens (including phenoxy) is 2. The number of amides is 1. The highest BCUT2D eigenvalue weighted by molar-refractivity contribution is 6.32. The maximum absolute atomic E-state index is 12.4. The first-order chi connectivity index (χ1) is 19.6. The number of rotatable bonds is 16. The number of benzene rings is 2. The number of halogens is 2. The van der Waals surface area contributed by atoms with E-state index in [1.807, 2.05) is 25.1 Å². The predicted molar refractivity (Wildman–Crippen MR) is 173 cm³/mol. The molecule has 4 nitrogen and oxygen atoms in total. The van der Waals surface area contributed by atoms with Crippen LogP contribution in [0.4, 0.5) is 0 Å². The summed E-state index contributed by atoms with van der Waals surface area (Å²) in [5, 5.41) is 4.03. The Morgan fingerprint density at radius 2 is 1.90 bits per heavy atom. The average Bonchev–Trinajstić information content (AvgIpc) is 3.30. The maximum atomic E-state index is 12.4. The summed E-state index contributed by atoms with van der Waals surface area (Å²) < 4.78 is 12.8. The number of carbonyl (C=O) groups is 1. The summed E-state index contributed by atoms with van der Waals surface area (Å²) in [7, 11) is 1.62. The maximum Gasteiger partial charge on any atom is 0.254 e. The molecule has 1 heterocycles. The van der Waals surface area contributed by atoms with Crippen LogP contribution in [0.5, 0.6) is 11.5 Å². The summed E-state index contributed by atoms with van der Waals surface area (Å²) in [5.74, 6) is 2.40. The van der Waals surface area contributed by atoms with Crippen LogP contribution >= 0.6 is 23.2 Å². The Labute approximate surface area is 258 Å². The number of fused-ring (bicyclic) bond motifs is 1. The molecule has 2 unspecified atom stereocenters. The molecule has 2 atom stereocenters. The van der Waals surface area contributed by atoms with Crippen LogP contribution < -0.4 is 14.8 Å². The van der Waals surface area contributed by atoms with Crippen molar-refractivity contribution >= 4 is 29.1 Å². The van der Waals surface area contributed by atoms with Crippen molar-refractivity contribution in [1.29, 1.82) is 0 Å². The first kappa shape index (κ1) is 33.3. The summed E-state index contributed by atoms with van der Waals surface area (Å²) in [6.45, 7) is 11.5. The van der Waals surface area contributed by atoms with Crippen LogP contribution in [0, 0.1) is 18.8 Å². The molecule has 0 saturated carbocycles. The van der Waals surface area contributed by atoms with Crippen molar-refractivity contribution in [1.82, 2.24) is 5.32 Å². The van der Waals surface area contributed by atoms with Crippen LogP contribution in [0.2, 0.25) is 10.0 Å². The summed E-state index contributed by atoms with van der Waals surface area (Å²) >= 11 is 12.6. The van der Waals surface area contributed by atoms with Crippen LogP contribution in [-0.2, 0) is 6.42 Å². The highest BCUT2D eigenvalue weighted by atomic mass is 35.5. The van der Waals surface area contributed by atoms with Gasteiger partial charge in [-0.3, -0.25) is 4.79 Å². The second kappa shape index (κ2) is 15.9. The SMILES string of the molecule is CCCC1(CCCC(=CCC(CC)CC)CC(C)COc2cc(C)c(Cl)cc2C(=O)NC)Cc2cc(Cl)ccc2O1. The fourth-order valence-electron chi connectivity index (χ4n) is 5.97. The minimum Gasteiger partial charge on any atom is -0.492 e. The highest BCUT2D eigenvalue weighted by Crippen LogP contribution is 2.42. The molecule has 1 aliphatic rings. The van der Waals surface area contributed by atoms with Gasteiger partial charge in [-0.25, -0.2) is 0 Å². The number of aryl methyl sites for hydroxylation is 1. The van der Waals surface area contributed by atoms with Gasteiger partial charge in [0, 0.05) is 23.5 Å². The van der Waals surface area contributed by atoms with E-state index >= 15 is 0 Å². The van der Waals surface area contributed by atoms with Crippen LogP contribution in [-0.4, -0.2) is 25.2 Å². The third kappa shape index (κ3) is 9.41. The van der Waals surface area contributed by atoms with E-state index in [2.05, 4.69) is 45.2 Å². The molecule has 0 fully saturated rings. The van der Waals surface area contributed by atoms with Gasteiger partial charge in [0.25, 0.3) is 5.91 Å². The van der Waals surface area contributed by atoms with E-state index in [0.717, 1.165) is 67.7 Å². The van der Waals surface area contributed by atoms with E-state index in [9.17, 15) is 4.79 Å². The van der Waals surface area contributed by atoms with Gasteiger partial charge in [0.05, 0.1) is 12.2 Å². The molecule has 0 bridgehead atoms. The monoisotopic (exact) mass is 601 g/mol. The van der Waals surface area contributed by atoms with Crippen molar-refractivity contribution in [3.63, 3.8) is 0 Å². The van der Waals surface area contributed by atoms with Gasteiger partial charge >= 0.3 is 0 Å².